The summed E-state index contributed by atoms with van der Waals surface area (Å²) in [6, 6.07) is 9.67. The van der Waals surface area contributed by atoms with Crippen molar-refractivity contribution in [2.75, 3.05) is 7.05 Å². The van der Waals surface area contributed by atoms with Crippen LogP contribution in [-0.2, 0) is 29.4 Å². The van der Waals surface area contributed by atoms with Crippen molar-refractivity contribution in [2.24, 2.45) is 5.14 Å². The van der Waals surface area contributed by atoms with Crippen LogP contribution in [0.25, 0.3) is 5.69 Å². The van der Waals surface area contributed by atoms with Crippen LogP contribution in [-0.4, -0.2) is 36.1 Å². The highest BCUT2D eigenvalue weighted by atomic mass is 32.2. The molecular formula is C21H20F2N4O3S. The number of carbonyl (C=O) groups is 1. The van der Waals surface area contributed by atoms with Crippen LogP contribution >= 0.6 is 0 Å². The van der Waals surface area contributed by atoms with Gasteiger partial charge in [-0.15, -0.1) is 0 Å². The molecule has 1 amide bonds. The first-order valence-corrected chi connectivity index (χ1v) is 11.1. The van der Waals surface area contributed by atoms with Gasteiger partial charge in [0.2, 0.25) is 10.0 Å². The predicted octanol–water partition coefficient (Wildman–Crippen LogP) is 2.56. The van der Waals surface area contributed by atoms with Gasteiger partial charge in [-0.1, -0.05) is 18.2 Å². The van der Waals surface area contributed by atoms with Crippen molar-refractivity contribution in [3.8, 4) is 5.69 Å². The summed E-state index contributed by atoms with van der Waals surface area (Å²) >= 11 is 0. The van der Waals surface area contributed by atoms with Gasteiger partial charge < -0.3 is 4.90 Å². The number of halogens is 2. The molecule has 3 aromatic rings. The molecule has 1 heterocycles. The molecule has 0 radical (unpaired) electrons. The Bertz CT molecular complexity index is 1290. The molecule has 0 spiro atoms. The fraction of sp³-hybridized carbons (Fsp3) is 0.238. The molecule has 4 rings (SSSR count). The molecule has 1 aliphatic carbocycles. The van der Waals surface area contributed by atoms with Crippen LogP contribution in [0.15, 0.2) is 47.4 Å². The second-order valence-corrected chi connectivity index (χ2v) is 8.98. The van der Waals surface area contributed by atoms with Gasteiger partial charge in [0.25, 0.3) is 5.91 Å². The Morgan fingerprint density at radius 2 is 1.90 bits per heavy atom. The van der Waals surface area contributed by atoms with Gasteiger partial charge in [0.1, 0.15) is 0 Å². The SMILES string of the molecule is CN(Cc1ccccc1S(N)(=O)=O)C(=O)c1nn(-c2ccc(F)c(F)c2)c2c1CCC2. The summed E-state index contributed by atoms with van der Waals surface area (Å²) in [5.41, 5.74) is 2.48. The van der Waals surface area contributed by atoms with Crippen molar-refractivity contribution in [3.05, 3.63) is 76.6 Å². The lowest BCUT2D eigenvalue weighted by molar-refractivity contribution is 0.0776. The lowest BCUT2D eigenvalue weighted by Gasteiger charge is -2.18. The Kier molecular flexibility index (Phi) is 5.36. The molecule has 2 N–H and O–H groups in total. The topological polar surface area (TPSA) is 98.3 Å². The van der Waals surface area contributed by atoms with Gasteiger partial charge in [-0.05, 0) is 43.0 Å². The zero-order chi connectivity index (χ0) is 22.3. The van der Waals surface area contributed by atoms with Gasteiger partial charge >= 0.3 is 0 Å². The number of nitrogens with zero attached hydrogens (tertiary/aromatic N) is 3. The van der Waals surface area contributed by atoms with Crippen LogP contribution in [0, 0.1) is 11.6 Å². The lowest BCUT2D eigenvalue weighted by Crippen LogP contribution is -2.28. The van der Waals surface area contributed by atoms with Crippen LogP contribution in [0.5, 0.6) is 0 Å². The van der Waals surface area contributed by atoms with Gasteiger partial charge in [0.15, 0.2) is 17.3 Å². The van der Waals surface area contributed by atoms with E-state index >= 15 is 0 Å². The van der Waals surface area contributed by atoms with E-state index in [9.17, 15) is 22.0 Å². The Hall–Kier alpha value is -3.11. The predicted molar refractivity (Wildman–Crippen MR) is 109 cm³/mol. The van der Waals surface area contributed by atoms with E-state index < -0.39 is 27.6 Å². The Morgan fingerprint density at radius 3 is 2.61 bits per heavy atom. The molecule has 0 fully saturated rings. The average molecular weight is 446 g/mol. The van der Waals surface area contributed by atoms with Crippen LogP contribution in [0.4, 0.5) is 8.78 Å². The van der Waals surface area contributed by atoms with E-state index in [2.05, 4.69) is 5.10 Å². The van der Waals surface area contributed by atoms with Crippen molar-refractivity contribution >= 4 is 15.9 Å². The fourth-order valence-electron chi connectivity index (χ4n) is 3.86. The minimum absolute atomic E-state index is 0.0121. The van der Waals surface area contributed by atoms with Gasteiger partial charge in [-0.2, -0.15) is 5.10 Å². The normalized spacial score (nSPS) is 13.3. The smallest absolute Gasteiger partial charge is 0.274 e. The van der Waals surface area contributed by atoms with Crippen molar-refractivity contribution in [1.82, 2.24) is 14.7 Å². The summed E-state index contributed by atoms with van der Waals surface area (Å²) in [6.07, 6.45) is 2.11. The number of hydrogen-bond donors (Lipinski definition) is 1. The quantitative estimate of drug-likeness (QED) is 0.651. The first-order chi connectivity index (χ1) is 14.7. The van der Waals surface area contributed by atoms with Gasteiger partial charge in [-0.25, -0.2) is 27.0 Å². The van der Waals surface area contributed by atoms with Crippen molar-refractivity contribution in [2.45, 2.75) is 30.7 Å². The molecule has 31 heavy (non-hydrogen) atoms. The molecule has 0 unspecified atom stereocenters. The van der Waals surface area contributed by atoms with Crippen molar-refractivity contribution < 1.29 is 22.0 Å². The number of nitrogens with two attached hydrogens (primary N) is 1. The molecule has 10 heteroatoms. The fourth-order valence-corrected chi connectivity index (χ4v) is 4.63. The third-order valence-electron chi connectivity index (χ3n) is 5.31. The van der Waals surface area contributed by atoms with E-state index in [1.165, 1.54) is 21.7 Å². The maximum atomic E-state index is 13.7. The molecule has 1 aromatic heterocycles. The van der Waals surface area contributed by atoms with Crippen molar-refractivity contribution in [3.63, 3.8) is 0 Å². The number of aromatic nitrogens is 2. The van der Waals surface area contributed by atoms with E-state index in [0.29, 0.717) is 24.1 Å². The summed E-state index contributed by atoms with van der Waals surface area (Å²) in [4.78, 5) is 14.5. The molecule has 0 saturated heterocycles. The number of amides is 1. The minimum Gasteiger partial charge on any atom is -0.336 e. The molecule has 162 valence electrons. The lowest BCUT2D eigenvalue weighted by atomic mass is 10.1. The number of hydrogen-bond acceptors (Lipinski definition) is 4. The third-order valence-corrected chi connectivity index (χ3v) is 6.33. The summed E-state index contributed by atoms with van der Waals surface area (Å²) in [6.45, 7) is 0.0121. The first kappa shape index (κ1) is 21.1. The van der Waals surface area contributed by atoms with E-state index in [4.69, 9.17) is 5.14 Å². The zero-order valence-electron chi connectivity index (χ0n) is 16.7. The van der Waals surface area contributed by atoms with Crippen LogP contribution in [0.1, 0.15) is 33.7 Å². The number of rotatable bonds is 5. The highest BCUT2D eigenvalue weighted by molar-refractivity contribution is 7.89. The summed E-state index contributed by atoms with van der Waals surface area (Å²) in [5.74, 6) is -2.36. The minimum atomic E-state index is -3.94. The summed E-state index contributed by atoms with van der Waals surface area (Å²) < 4.78 is 52.2. The molecular weight excluding hydrogens is 426 g/mol. The number of carbonyl (C=O) groups excluding carboxylic acids is 1. The van der Waals surface area contributed by atoms with Gasteiger partial charge in [0.05, 0.1) is 10.6 Å². The number of benzene rings is 2. The van der Waals surface area contributed by atoms with E-state index in [-0.39, 0.29) is 17.1 Å². The molecule has 0 aliphatic heterocycles. The number of fused-ring (bicyclic) bond motifs is 1. The van der Waals surface area contributed by atoms with Gasteiger partial charge in [0, 0.05) is 30.9 Å². The molecule has 1 aliphatic rings. The number of sulfonamides is 1. The van der Waals surface area contributed by atoms with Gasteiger partial charge in [-0.3, -0.25) is 4.79 Å². The Labute approximate surface area is 178 Å². The number of primary sulfonamides is 1. The maximum absolute atomic E-state index is 13.7. The summed E-state index contributed by atoms with van der Waals surface area (Å²) in [7, 11) is -2.40. The van der Waals surface area contributed by atoms with Crippen LogP contribution < -0.4 is 5.14 Å². The monoisotopic (exact) mass is 446 g/mol. The Morgan fingerprint density at radius 1 is 1.16 bits per heavy atom. The molecule has 7 nitrogen and oxygen atoms in total. The van der Waals surface area contributed by atoms with E-state index in [1.807, 2.05) is 0 Å². The van der Waals surface area contributed by atoms with Crippen LogP contribution in [0.3, 0.4) is 0 Å². The second-order valence-electron chi connectivity index (χ2n) is 7.45. The third kappa shape index (κ3) is 3.96. The highest BCUT2D eigenvalue weighted by Crippen LogP contribution is 2.29. The van der Waals surface area contributed by atoms with E-state index in [1.54, 1.807) is 25.2 Å². The Balaban J connectivity index is 1.68. The zero-order valence-corrected chi connectivity index (χ0v) is 17.5. The summed E-state index contributed by atoms with van der Waals surface area (Å²) in [5, 5.41) is 9.68. The largest absolute Gasteiger partial charge is 0.336 e. The highest BCUT2D eigenvalue weighted by Gasteiger charge is 2.29. The average Bonchev–Trinajstić information content (AvgIpc) is 3.32. The molecule has 2 aromatic carbocycles. The van der Waals surface area contributed by atoms with E-state index in [0.717, 1.165) is 29.8 Å². The molecule has 0 saturated carbocycles. The molecule has 0 bridgehead atoms. The molecule has 0 atom stereocenters. The standard InChI is InChI=1S/C21H20F2N4O3S/c1-26(12-13-5-2-3-8-19(13)31(24,29)30)21(28)20-15-6-4-7-18(15)27(25-20)14-9-10-16(22)17(23)11-14/h2-3,5,8-11H,4,6-7,12H2,1H3,(H2,24,29,30). The maximum Gasteiger partial charge on any atom is 0.274 e. The van der Waals surface area contributed by atoms with Crippen LogP contribution in [0.2, 0.25) is 0 Å². The second kappa shape index (κ2) is 7.86. The van der Waals surface area contributed by atoms with Crippen molar-refractivity contribution in [1.29, 1.82) is 0 Å². The first-order valence-electron chi connectivity index (χ1n) is 9.59.